The average molecular weight is 172 g/mol. The Kier molecular flexibility index (Phi) is 1.89. The maximum absolute atomic E-state index is 10.7. The lowest BCUT2D eigenvalue weighted by Gasteiger charge is -2.26. The smallest absolute Gasteiger partial charge is 0.477 e. The average Bonchev–Trinajstić information content (AvgIpc) is 2.32. The Balaban J connectivity index is 2.94. The first-order chi connectivity index (χ1) is 5.48. The summed E-state index contributed by atoms with van der Waals surface area (Å²) in [5.41, 5.74) is 0. The summed E-state index contributed by atoms with van der Waals surface area (Å²) in [6.07, 6.45) is 1.87. The van der Waals surface area contributed by atoms with Gasteiger partial charge in [0.25, 0.3) is 0 Å². The molecule has 0 saturated carbocycles. The highest BCUT2D eigenvalue weighted by Gasteiger charge is 2.46. The van der Waals surface area contributed by atoms with Gasteiger partial charge < -0.3 is 10.2 Å². The number of hydrogen-bond donors (Lipinski definition) is 2. The molecule has 0 spiro atoms. The van der Waals surface area contributed by atoms with Gasteiger partial charge in [-0.2, -0.15) is 4.79 Å². The lowest BCUT2D eigenvalue weighted by Crippen LogP contribution is -2.55. The van der Waals surface area contributed by atoms with Crippen molar-refractivity contribution >= 4 is 12.1 Å². The third-order valence-electron chi connectivity index (χ3n) is 2.11. The molecule has 0 aromatic carbocycles. The van der Waals surface area contributed by atoms with Crippen molar-refractivity contribution < 1.29 is 24.3 Å². The largest absolute Gasteiger partial charge is 0.514 e. The number of amides is 1. The van der Waals surface area contributed by atoms with Gasteiger partial charge in [-0.1, -0.05) is 0 Å². The molecule has 1 aliphatic rings. The first-order valence-corrected chi connectivity index (χ1v) is 3.46. The predicted octanol–water partition coefficient (Wildman–Crippen LogP) is 0.134. The second-order valence-electron chi connectivity index (χ2n) is 2.94. The van der Waals surface area contributed by atoms with Crippen LogP contribution in [0.5, 0.6) is 0 Å². The number of aliphatic carboxylic acids is 1. The zero-order chi connectivity index (χ0) is 9.35. The molecule has 1 rings (SSSR count). The number of hydrogen-bond acceptors (Lipinski definition) is 2. The molecule has 0 aromatic heterocycles. The third kappa shape index (κ3) is 1.08. The van der Waals surface area contributed by atoms with Crippen LogP contribution in [-0.4, -0.2) is 46.4 Å². The zero-order valence-electron chi connectivity index (χ0n) is 6.60. The molecule has 66 valence electrons. The minimum Gasteiger partial charge on any atom is -0.477 e. The number of rotatable bonds is 1. The minimum atomic E-state index is -1.12. The molecule has 2 atom stereocenters. The first-order valence-electron chi connectivity index (χ1n) is 3.46. The van der Waals surface area contributed by atoms with E-state index in [1.807, 2.05) is 0 Å². The molecular weight excluding hydrogens is 162 g/mol. The minimum absolute atomic E-state index is 0.228. The Hall–Kier alpha value is -1.36. The van der Waals surface area contributed by atoms with Crippen molar-refractivity contribution in [3.63, 3.8) is 0 Å². The van der Waals surface area contributed by atoms with Gasteiger partial charge >= 0.3 is 12.1 Å². The Morgan fingerprint density at radius 2 is 2.08 bits per heavy atom. The van der Waals surface area contributed by atoms with Crippen molar-refractivity contribution in [2.45, 2.75) is 6.04 Å². The van der Waals surface area contributed by atoms with E-state index in [2.05, 4.69) is 0 Å². The van der Waals surface area contributed by atoms with Gasteiger partial charge in [0.15, 0.2) is 0 Å². The fraction of sp³-hybridized carbons (Fsp3) is 0.429. The molecular formula is C7H10NO4+. The zero-order valence-corrected chi connectivity index (χ0v) is 6.60. The molecule has 0 aromatic rings. The predicted molar refractivity (Wildman–Crippen MR) is 39.6 cm³/mol. The SMILES string of the molecule is C[N+]1(C(=O)O)CC=CC1C(=O)O. The number of nitrogens with zero attached hydrogens (tertiary/aromatic N) is 1. The summed E-state index contributed by atoms with van der Waals surface area (Å²) in [5.74, 6) is -1.10. The van der Waals surface area contributed by atoms with Crippen LogP contribution in [0, 0.1) is 0 Å². The number of carboxylic acid groups (broad SMARTS) is 2. The van der Waals surface area contributed by atoms with Crippen molar-refractivity contribution in [2.24, 2.45) is 0 Å². The van der Waals surface area contributed by atoms with Crippen LogP contribution in [0.2, 0.25) is 0 Å². The summed E-state index contributed by atoms with van der Waals surface area (Å²) in [6, 6.07) is -0.956. The summed E-state index contributed by atoms with van der Waals surface area (Å²) in [7, 11) is 1.39. The second-order valence-corrected chi connectivity index (χ2v) is 2.94. The molecule has 2 unspecified atom stereocenters. The van der Waals surface area contributed by atoms with Crippen LogP contribution in [0.4, 0.5) is 4.79 Å². The maximum atomic E-state index is 10.7. The lowest BCUT2D eigenvalue weighted by atomic mass is 10.3. The number of likely N-dealkylation sites (N-methyl/N-ethyl adjacent to an activating group) is 1. The van der Waals surface area contributed by atoms with Crippen molar-refractivity contribution in [3.05, 3.63) is 12.2 Å². The Morgan fingerprint density at radius 1 is 1.50 bits per heavy atom. The molecule has 1 aliphatic heterocycles. The van der Waals surface area contributed by atoms with E-state index in [1.165, 1.54) is 13.1 Å². The van der Waals surface area contributed by atoms with Crippen molar-refractivity contribution in [2.75, 3.05) is 13.6 Å². The molecule has 0 fully saturated rings. The third-order valence-corrected chi connectivity index (χ3v) is 2.11. The van der Waals surface area contributed by atoms with Gasteiger partial charge in [-0.3, -0.25) is 0 Å². The summed E-state index contributed by atoms with van der Waals surface area (Å²) in [4.78, 5) is 21.3. The van der Waals surface area contributed by atoms with Crippen LogP contribution >= 0.6 is 0 Å². The van der Waals surface area contributed by atoms with Crippen LogP contribution in [0.1, 0.15) is 0 Å². The Morgan fingerprint density at radius 3 is 2.42 bits per heavy atom. The fourth-order valence-electron chi connectivity index (χ4n) is 1.24. The van der Waals surface area contributed by atoms with Gasteiger partial charge in [-0.15, -0.1) is 0 Å². The molecule has 0 bridgehead atoms. The van der Waals surface area contributed by atoms with E-state index in [-0.39, 0.29) is 6.54 Å². The molecule has 12 heavy (non-hydrogen) atoms. The molecule has 0 aliphatic carbocycles. The van der Waals surface area contributed by atoms with Crippen LogP contribution in [0.25, 0.3) is 0 Å². The quantitative estimate of drug-likeness (QED) is 0.435. The molecule has 5 heteroatoms. The maximum Gasteiger partial charge on any atom is 0.514 e. The van der Waals surface area contributed by atoms with Crippen LogP contribution < -0.4 is 0 Å². The van der Waals surface area contributed by atoms with Gasteiger partial charge in [0.1, 0.15) is 6.54 Å². The van der Waals surface area contributed by atoms with Gasteiger partial charge in [-0.05, 0) is 12.2 Å². The van der Waals surface area contributed by atoms with Crippen molar-refractivity contribution in [3.8, 4) is 0 Å². The van der Waals surface area contributed by atoms with E-state index in [0.29, 0.717) is 0 Å². The highest BCUT2D eigenvalue weighted by Crippen LogP contribution is 2.18. The molecule has 2 N–H and O–H groups in total. The van der Waals surface area contributed by atoms with E-state index in [0.717, 1.165) is 0 Å². The van der Waals surface area contributed by atoms with Crippen LogP contribution in [-0.2, 0) is 4.79 Å². The van der Waals surface area contributed by atoms with Crippen molar-refractivity contribution in [1.82, 2.24) is 0 Å². The molecule has 5 nitrogen and oxygen atoms in total. The Labute approximate surface area is 69.1 Å². The van der Waals surface area contributed by atoms with Crippen molar-refractivity contribution in [1.29, 1.82) is 0 Å². The highest BCUT2D eigenvalue weighted by atomic mass is 16.4. The van der Waals surface area contributed by atoms with E-state index in [1.54, 1.807) is 6.08 Å². The fourth-order valence-corrected chi connectivity index (χ4v) is 1.24. The van der Waals surface area contributed by atoms with E-state index >= 15 is 0 Å². The topological polar surface area (TPSA) is 74.6 Å². The normalized spacial score (nSPS) is 33.6. The monoisotopic (exact) mass is 172 g/mol. The summed E-state index contributed by atoms with van der Waals surface area (Å²) in [6.45, 7) is 0.228. The lowest BCUT2D eigenvalue weighted by molar-refractivity contribution is -0.836. The molecule has 0 radical (unpaired) electrons. The second kappa shape index (κ2) is 2.60. The van der Waals surface area contributed by atoms with E-state index < -0.39 is 22.6 Å². The van der Waals surface area contributed by atoms with Crippen LogP contribution in [0.15, 0.2) is 12.2 Å². The summed E-state index contributed by atoms with van der Waals surface area (Å²) >= 11 is 0. The standard InChI is InChI=1S/C7H9NO4/c1-8(7(11)12)4-2-3-5(8)6(9)10/h2-3,5H,4H2,1H3,(H-,9,10,11,12)/p+1. The van der Waals surface area contributed by atoms with Gasteiger partial charge in [0, 0.05) is 0 Å². The highest BCUT2D eigenvalue weighted by molar-refractivity contribution is 5.77. The van der Waals surface area contributed by atoms with Gasteiger partial charge in [0.05, 0.1) is 7.05 Å². The van der Waals surface area contributed by atoms with E-state index in [9.17, 15) is 9.59 Å². The van der Waals surface area contributed by atoms with E-state index in [4.69, 9.17) is 10.2 Å². The molecule has 1 amide bonds. The summed E-state index contributed by atoms with van der Waals surface area (Å²) in [5, 5.41) is 17.4. The molecule has 0 saturated heterocycles. The molecule has 1 heterocycles. The van der Waals surface area contributed by atoms with Gasteiger partial charge in [0.2, 0.25) is 6.04 Å². The number of carboxylic acids is 1. The van der Waals surface area contributed by atoms with Gasteiger partial charge in [-0.25, -0.2) is 9.28 Å². The first kappa shape index (κ1) is 8.73. The Bertz CT molecular complexity index is 260. The summed E-state index contributed by atoms with van der Waals surface area (Å²) < 4.78 is -0.491. The number of quaternary nitrogens is 1. The van der Waals surface area contributed by atoms with Crippen LogP contribution in [0.3, 0.4) is 0 Å². The number of carbonyl (C=O) groups is 2.